The van der Waals surface area contributed by atoms with E-state index in [9.17, 15) is 9.59 Å². The number of hydrogen-bond acceptors (Lipinski definition) is 7. The summed E-state index contributed by atoms with van der Waals surface area (Å²) in [5.41, 5.74) is 9.69. The summed E-state index contributed by atoms with van der Waals surface area (Å²) in [6.07, 6.45) is 6.19. The van der Waals surface area contributed by atoms with Gasteiger partial charge in [-0.15, -0.1) is 0 Å². The summed E-state index contributed by atoms with van der Waals surface area (Å²) in [5.74, 6) is 0.953. The fraction of sp³-hybridized carbons (Fsp3) is 0.300. The topological polar surface area (TPSA) is 125 Å². The molecule has 0 saturated carbocycles. The van der Waals surface area contributed by atoms with Crippen LogP contribution in [0.3, 0.4) is 0 Å². The van der Waals surface area contributed by atoms with Gasteiger partial charge in [0.05, 0.1) is 36.5 Å². The molecule has 1 saturated heterocycles. The van der Waals surface area contributed by atoms with E-state index in [1.165, 1.54) is 0 Å². The number of morpholine rings is 1. The van der Waals surface area contributed by atoms with Crippen LogP contribution >= 0.6 is 0 Å². The number of nitrogens with one attached hydrogen (secondary N) is 3. The molecule has 204 valence electrons. The van der Waals surface area contributed by atoms with Gasteiger partial charge in [0.2, 0.25) is 5.91 Å². The number of carbonyl (C=O) groups excluding carboxylic acids is 2. The maximum atomic E-state index is 13.2. The Kier molecular flexibility index (Phi) is 7.00. The summed E-state index contributed by atoms with van der Waals surface area (Å²) in [5, 5.41) is 8.38. The molecule has 2 aliphatic heterocycles. The van der Waals surface area contributed by atoms with Crippen molar-refractivity contribution in [3.63, 3.8) is 0 Å². The molecule has 1 fully saturated rings. The number of aromatic nitrogens is 3. The molecule has 3 N–H and O–H groups in total. The van der Waals surface area contributed by atoms with E-state index in [2.05, 4.69) is 36.9 Å². The highest BCUT2D eigenvalue weighted by molar-refractivity contribution is 6.11. The maximum absolute atomic E-state index is 13.2. The number of fused-ring (bicyclic) bond motifs is 2. The monoisotopic (exact) mass is 537 g/mol. The van der Waals surface area contributed by atoms with Gasteiger partial charge in [-0.2, -0.15) is 5.10 Å². The predicted molar refractivity (Wildman–Crippen MR) is 154 cm³/mol. The first-order chi connectivity index (χ1) is 19.4. The number of pyridine rings is 2. The van der Waals surface area contributed by atoms with Crippen LogP contribution in [0.2, 0.25) is 0 Å². The summed E-state index contributed by atoms with van der Waals surface area (Å²) in [6.45, 7) is 6.34. The molecule has 10 heteroatoms. The van der Waals surface area contributed by atoms with Crippen molar-refractivity contribution in [1.29, 1.82) is 0 Å². The van der Waals surface area contributed by atoms with E-state index in [0.29, 0.717) is 56.2 Å². The van der Waals surface area contributed by atoms with Gasteiger partial charge >= 0.3 is 0 Å². The number of carbonyl (C=O) groups is 2. The van der Waals surface area contributed by atoms with Crippen molar-refractivity contribution in [2.24, 2.45) is 11.0 Å². The van der Waals surface area contributed by atoms with Crippen LogP contribution < -0.4 is 10.7 Å². The number of amides is 2. The van der Waals surface area contributed by atoms with E-state index < -0.39 is 0 Å². The Balaban J connectivity index is 1.24. The van der Waals surface area contributed by atoms with Crippen LogP contribution in [0.4, 0.5) is 11.5 Å². The number of benzene rings is 1. The van der Waals surface area contributed by atoms with Gasteiger partial charge in [0, 0.05) is 71.5 Å². The molecule has 2 amide bonds. The lowest BCUT2D eigenvalue weighted by molar-refractivity contribution is -0.116. The second-order valence-electron chi connectivity index (χ2n) is 10.5. The molecule has 40 heavy (non-hydrogen) atoms. The number of hydrazone groups is 1. The molecule has 5 heterocycles. The molecule has 1 aromatic carbocycles. The average molecular weight is 538 g/mol. The van der Waals surface area contributed by atoms with Crippen molar-refractivity contribution in [2.45, 2.75) is 26.7 Å². The van der Waals surface area contributed by atoms with Gasteiger partial charge in [-0.05, 0) is 36.2 Å². The highest BCUT2D eigenvalue weighted by Crippen LogP contribution is 2.29. The standard InChI is InChI=1S/C30H31N7O3/c1-18(2)10-28(38)33-22-12-21(15-31-17-22)20-11-19-13-27(35-36-29(19)32-16-20)26-14-24-23(4-3-5-25(24)34-26)30(39)37-6-8-40-9-7-37/h3-5,11-12,14-18,34H,6-10,13H2,1-2H3,(H,32,36)(H,33,38). The molecule has 4 aromatic rings. The third-order valence-corrected chi connectivity index (χ3v) is 7.07. The Morgan fingerprint density at radius 2 is 1.90 bits per heavy atom. The molecule has 6 rings (SSSR count). The quantitative estimate of drug-likeness (QED) is 0.334. The van der Waals surface area contributed by atoms with E-state index in [1.54, 1.807) is 18.6 Å². The minimum Gasteiger partial charge on any atom is -0.378 e. The number of nitrogens with zero attached hydrogens (tertiary/aromatic N) is 4. The SMILES string of the molecule is CC(C)CC(=O)Nc1cncc(-c2cnc3c(c2)CC(c2cc4c(C(=O)N5CCOCC5)cccc4[nH]2)=NN3)c1. The van der Waals surface area contributed by atoms with Gasteiger partial charge < -0.3 is 19.9 Å². The van der Waals surface area contributed by atoms with Gasteiger partial charge in [0.15, 0.2) is 0 Å². The van der Waals surface area contributed by atoms with Gasteiger partial charge in [0.25, 0.3) is 5.91 Å². The second kappa shape index (κ2) is 10.9. The van der Waals surface area contributed by atoms with Crippen LogP contribution in [0, 0.1) is 5.92 Å². The smallest absolute Gasteiger partial charge is 0.254 e. The first-order valence-corrected chi connectivity index (χ1v) is 13.5. The van der Waals surface area contributed by atoms with Gasteiger partial charge in [-0.1, -0.05) is 19.9 Å². The second-order valence-corrected chi connectivity index (χ2v) is 10.5. The van der Waals surface area contributed by atoms with Crippen LogP contribution in [0.25, 0.3) is 22.0 Å². The van der Waals surface area contributed by atoms with Crippen molar-refractivity contribution in [2.75, 3.05) is 37.0 Å². The minimum absolute atomic E-state index is 0.0126. The van der Waals surface area contributed by atoms with Crippen LogP contribution in [0.1, 0.15) is 41.9 Å². The lowest BCUT2D eigenvalue weighted by Gasteiger charge is -2.27. The summed E-state index contributed by atoms with van der Waals surface area (Å²) < 4.78 is 5.41. The third-order valence-electron chi connectivity index (χ3n) is 7.07. The van der Waals surface area contributed by atoms with Crippen LogP contribution in [-0.2, 0) is 16.0 Å². The Morgan fingerprint density at radius 1 is 1.07 bits per heavy atom. The average Bonchev–Trinajstić information content (AvgIpc) is 3.41. The minimum atomic E-state index is -0.0318. The predicted octanol–water partition coefficient (Wildman–Crippen LogP) is 4.45. The highest BCUT2D eigenvalue weighted by Gasteiger charge is 2.23. The molecule has 10 nitrogen and oxygen atoms in total. The zero-order valence-corrected chi connectivity index (χ0v) is 22.5. The highest BCUT2D eigenvalue weighted by atomic mass is 16.5. The van der Waals surface area contributed by atoms with Gasteiger partial charge in [-0.3, -0.25) is 20.0 Å². The zero-order chi connectivity index (χ0) is 27.6. The number of rotatable bonds is 6. The summed E-state index contributed by atoms with van der Waals surface area (Å²) >= 11 is 0. The largest absolute Gasteiger partial charge is 0.378 e. The Bertz CT molecular complexity index is 1620. The Hall–Kier alpha value is -4.57. The Labute approximate surface area is 231 Å². The zero-order valence-electron chi connectivity index (χ0n) is 22.5. The van der Waals surface area contributed by atoms with E-state index in [-0.39, 0.29) is 17.7 Å². The third kappa shape index (κ3) is 5.30. The van der Waals surface area contributed by atoms with Crippen molar-refractivity contribution < 1.29 is 14.3 Å². The van der Waals surface area contributed by atoms with E-state index in [0.717, 1.165) is 39.0 Å². The van der Waals surface area contributed by atoms with Gasteiger partial charge in [0.1, 0.15) is 5.82 Å². The lowest BCUT2D eigenvalue weighted by Crippen LogP contribution is -2.40. The van der Waals surface area contributed by atoms with E-state index in [1.807, 2.05) is 49.1 Å². The number of anilines is 2. The number of ether oxygens (including phenoxy) is 1. The van der Waals surface area contributed by atoms with Crippen LogP contribution in [-0.4, -0.2) is 63.7 Å². The van der Waals surface area contributed by atoms with Gasteiger partial charge in [-0.25, -0.2) is 4.98 Å². The van der Waals surface area contributed by atoms with E-state index >= 15 is 0 Å². The normalized spacial score (nSPS) is 15.0. The molecule has 0 radical (unpaired) electrons. The molecule has 0 spiro atoms. The van der Waals surface area contributed by atoms with Crippen molar-refractivity contribution in [1.82, 2.24) is 19.9 Å². The summed E-state index contributed by atoms with van der Waals surface area (Å²) in [4.78, 5) is 39.7. The first-order valence-electron chi connectivity index (χ1n) is 13.5. The fourth-order valence-electron chi connectivity index (χ4n) is 5.08. The molecule has 3 aromatic heterocycles. The molecule has 0 bridgehead atoms. The molecular weight excluding hydrogens is 506 g/mol. The molecule has 0 unspecified atom stereocenters. The summed E-state index contributed by atoms with van der Waals surface area (Å²) in [6, 6.07) is 11.7. The van der Waals surface area contributed by atoms with Crippen LogP contribution in [0.15, 0.2) is 60.1 Å². The van der Waals surface area contributed by atoms with E-state index in [4.69, 9.17) is 4.74 Å². The number of aromatic amines is 1. The summed E-state index contributed by atoms with van der Waals surface area (Å²) in [7, 11) is 0. The maximum Gasteiger partial charge on any atom is 0.254 e. The van der Waals surface area contributed by atoms with Crippen molar-refractivity contribution >= 4 is 39.9 Å². The number of H-pyrrole nitrogens is 1. The first kappa shape index (κ1) is 25.7. The molecule has 0 aliphatic carbocycles. The molecule has 0 atom stereocenters. The van der Waals surface area contributed by atoms with Crippen molar-refractivity contribution in [3.8, 4) is 11.1 Å². The van der Waals surface area contributed by atoms with Crippen LogP contribution in [0.5, 0.6) is 0 Å². The fourth-order valence-corrected chi connectivity index (χ4v) is 5.08. The molecule has 2 aliphatic rings. The lowest BCUT2D eigenvalue weighted by atomic mass is 10.0. The van der Waals surface area contributed by atoms with Crippen molar-refractivity contribution in [3.05, 3.63) is 71.8 Å². The molecular formula is C30H31N7O3. The number of hydrogen-bond donors (Lipinski definition) is 3. The Morgan fingerprint density at radius 3 is 2.73 bits per heavy atom.